The van der Waals surface area contributed by atoms with Crippen LogP contribution in [0.4, 0.5) is 0 Å². The highest BCUT2D eigenvalue weighted by Crippen LogP contribution is 2.37. The van der Waals surface area contributed by atoms with E-state index in [-0.39, 0.29) is 0 Å². The largest absolute Gasteiger partial charge is 0.303 e. The summed E-state index contributed by atoms with van der Waals surface area (Å²) in [7, 11) is 2.27. The topological polar surface area (TPSA) is 3.24 Å². The van der Waals surface area contributed by atoms with Gasteiger partial charge in [-0.2, -0.15) is 0 Å². The Bertz CT molecular complexity index is 166. The average Bonchev–Trinajstić information content (AvgIpc) is 2.29. The van der Waals surface area contributed by atoms with E-state index in [0.717, 1.165) is 17.9 Å². The molecule has 2 atom stereocenters. The van der Waals surface area contributed by atoms with Gasteiger partial charge >= 0.3 is 0 Å². The third-order valence-corrected chi connectivity index (χ3v) is 3.59. The molecule has 0 aromatic carbocycles. The van der Waals surface area contributed by atoms with E-state index in [4.69, 9.17) is 0 Å². The van der Waals surface area contributed by atoms with Crippen LogP contribution in [0, 0.1) is 17.3 Å². The van der Waals surface area contributed by atoms with Crippen LogP contribution in [0.5, 0.6) is 0 Å². The first-order chi connectivity index (χ1) is 5.82. The molecule has 1 unspecified atom stereocenters. The fourth-order valence-corrected chi connectivity index (χ4v) is 2.44. The molecule has 0 radical (unpaired) electrons. The van der Waals surface area contributed by atoms with E-state index in [0.29, 0.717) is 5.41 Å². The van der Waals surface area contributed by atoms with Crippen molar-refractivity contribution < 1.29 is 0 Å². The molecule has 0 aliphatic carbocycles. The Morgan fingerprint density at radius 3 is 2.00 bits per heavy atom. The predicted octanol–water partition coefficient (Wildman–Crippen LogP) is 3.01. The van der Waals surface area contributed by atoms with Gasteiger partial charge in [-0.15, -0.1) is 0 Å². The van der Waals surface area contributed by atoms with Gasteiger partial charge in [0.1, 0.15) is 0 Å². The lowest BCUT2D eigenvalue weighted by atomic mass is 9.78. The van der Waals surface area contributed by atoms with Crippen LogP contribution >= 0.6 is 0 Å². The first-order valence-electron chi connectivity index (χ1n) is 5.52. The Labute approximate surface area is 83.5 Å². The van der Waals surface area contributed by atoms with E-state index in [1.165, 1.54) is 13.0 Å². The van der Waals surface area contributed by atoms with Gasteiger partial charge in [-0.3, -0.25) is 0 Å². The molecule has 1 aliphatic rings. The van der Waals surface area contributed by atoms with Gasteiger partial charge in [-0.1, -0.05) is 34.6 Å². The molecule has 0 spiro atoms. The Morgan fingerprint density at radius 1 is 1.23 bits per heavy atom. The number of rotatable bonds is 1. The Kier molecular flexibility index (Phi) is 3.06. The zero-order valence-corrected chi connectivity index (χ0v) is 10.1. The van der Waals surface area contributed by atoms with Crippen LogP contribution in [-0.2, 0) is 0 Å². The molecule has 0 bridgehead atoms. The fraction of sp³-hybridized carbons (Fsp3) is 1.00. The van der Waals surface area contributed by atoms with Gasteiger partial charge in [-0.05, 0) is 30.7 Å². The third kappa shape index (κ3) is 2.46. The van der Waals surface area contributed by atoms with Crippen molar-refractivity contribution in [2.45, 2.75) is 47.1 Å². The molecule has 1 fully saturated rings. The van der Waals surface area contributed by atoms with E-state index in [2.05, 4.69) is 46.6 Å². The second kappa shape index (κ2) is 3.61. The number of hydrogen-bond acceptors (Lipinski definition) is 1. The van der Waals surface area contributed by atoms with E-state index >= 15 is 0 Å². The molecule has 1 nitrogen and oxygen atoms in total. The van der Waals surface area contributed by atoms with Crippen LogP contribution in [0.15, 0.2) is 0 Å². The highest BCUT2D eigenvalue weighted by molar-refractivity contribution is 4.90. The Morgan fingerprint density at radius 2 is 1.77 bits per heavy atom. The van der Waals surface area contributed by atoms with E-state index in [1.54, 1.807) is 0 Å². The first kappa shape index (κ1) is 11.0. The van der Waals surface area contributed by atoms with Gasteiger partial charge < -0.3 is 4.90 Å². The molecule has 1 rings (SSSR count). The summed E-state index contributed by atoms with van der Waals surface area (Å²) in [5.74, 6) is 1.68. The van der Waals surface area contributed by atoms with Gasteiger partial charge in [0.25, 0.3) is 0 Å². The van der Waals surface area contributed by atoms with E-state index in [9.17, 15) is 0 Å². The van der Waals surface area contributed by atoms with Crippen molar-refractivity contribution in [3.8, 4) is 0 Å². The summed E-state index contributed by atoms with van der Waals surface area (Å²) >= 11 is 0. The molecule has 1 heterocycles. The summed E-state index contributed by atoms with van der Waals surface area (Å²) in [6.07, 6.45) is 1.39. The first-order valence-corrected chi connectivity index (χ1v) is 5.52. The lowest BCUT2D eigenvalue weighted by molar-refractivity contribution is 0.234. The SMILES string of the molecule is CC(C)C1C[C@@H](C(C)(C)C)CN1C. The smallest absolute Gasteiger partial charge is 0.0119 e. The molecule has 78 valence electrons. The maximum absolute atomic E-state index is 2.54. The highest BCUT2D eigenvalue weighted by Gasteiger charge is 2.37. The highest BCUT2D eigenvalue weighted by atomic mass is 15.2. The van der Waals surface area contributed by atoms with Crippen LogP contribution in [0.1, 0.15) is 41.0 Å². The second-order valence-corrected chi connectivity index (χ2v) is 6.05. The quantitative estimate of drug-likeness (QED) is 0.604. The molecule has 0 aromatic rings. The molecule has 13 heavy (non-hydrogen) atoms. The van der Waals surface area contributed by atoms with Crippen LogP contribution in [0.3, 0.4) is 0 Å². The van der Waals surface area contributed by atoms with Crippen molar-refractivity contribution in [1.82, 2.24) is 4.90 Å². The average molecular weight is 183 g/mol. The number of nitrogens with zero attached hydrogens (tertiary/aromatic N) is 1. The summed E-state index contributed by atoms with van der Waals surface area (Å²) in [6.45, 7) is 13.1. The minimum Gasteiger partial charge on any atom is -0.303 e. The normalized spacial score (nSPS) is 31.6. The minimum absolute atomic E-state index is 0.484. The molecule has 0 N–H and O–H groups in total. The molecule has 0 amide bonds. The van der Waals surface area contributed by atoms with E-state index < -0.39 is 0 Å². The maximum atomic E-state index is 2.54. The van der Waals surface area contributed by atoms with Crippen molar-refractivity contribution in [3.63, 3.8) is 0 Å². The Hall–Kier alpha value is -0.0400. The fourth-order valence-electron chi connectivity index (χ4n) is 2.44. The van der Waals surface area contributed by atoms with Crippen molar-refractivity contribution in [3.05, 3.63) is 0 Å². The van der Waals surface area contributed by atoms with Crippen molar-refractivity contribution >= 4 is 0 Å². The van der Waals surface area contributed by atoms with Gasteiger partial charge in [0.05, 0.1) is 0 Å². The van der Waals surface area contributed by atoms with Crippen LogP contribution < -0.4 is 0 Å². The Balaban J connectivity index is 2.60. The van der Waals surface area contributed by atoms with Crippen molar-refractivity contribution in [1.29, 1.82) is 0 Å². The molecule has 1 saturated heterocycles. The summed E-state index contributed by atoms with van der Waals surface area (Å²) < 4.78 is 0. The van der Waals surface area contributed by atoms with Gasteiger partial charge in [-0.25, -0.2) is 0 Å². The zero-order chi connectivity index (χ0) is 10.2. The lowest BCUT2D eigenvalue weighted by Crippen LogP contribution is -2.29. The summed E-state index contributed by atoms with van der Waals surface area (Å²) in [5.41, 5.74) is 0.484. The summed E-state index contributed by atoms with van der Waals surface area (Å²) in [4.78, 5) is 2.54. The van der Waals surface area contributed by atoms with Crippen molar-refractivity contribution in [2.75, 3.05) is 13.6 Å². The molecular weight excluding hydrogens is 158 g/mol. The monoisotopic (exact) mass is 183 g/mol. The summed E-state index contributed by atoms with van der Waals surface area (Å²) in [5, 5.41) is 0. The van der Waals surface area contributed by atoms with Gasteiger partial charge in [0, 0.05) is 12.6 Å². The van der Waals surface area contributed by atoms with E-state index in [1.807, 2.05) is 0 Å². The van der Waals surface area contributed by atoms with Crippen LogP contribution in [0.2, 0.25) is 0 Å². The van der Waals surface area contributed by atoms with Crippen LogP contribution in [-0.4, -0.2) is 24.5 Å². The summed E-state index contributed by atoms with van der Waals surface area (Å²) in [6, 6.07) is 0.809. The molecule has 0 saturated carbocycles. The van der Waals surface area contributed by atoms with Crippen LogP contribution in [0.25, 0.3) is 0 Å². The molecule has 0 aromatic heterocycles. The standard InChI is InChI=1S/C12H25N/c1-9(2)11-7-10(8-13(11)6)12(3,4)5/h9-11H,7-8H2,1-6H3/t10-,11?/m1/s1. The number of likely N-dealkylation sites (tertiary alicyclic amines) is 1. The maximum Gasteiger partial charge on any atom is 0.0119 e. The third-order valence-electron chi connectivity index (χ3n) is 3.59. The molecule has 1 aliphatic heterocycles. The van der Waals surface area contributed by atoms with Gasteiger partial charge in [0.15, 0.2) is 0 Å². The number of hydrogen-bond donors (Lipinski definition) is 0. The lowest BCUT2D eigenvalue weighted by Gasteiger charge is -2.26. The van der Waals surface area contributed by atoms with Gasteiger partial charge in [0.2, 0.25) is 0 Å². The molecular formula is C12H25N. The van der Waals surface area contributed by atoms with Crippen molar-refractivity contribution in [2.24, 2.45) is 17.3 Å². The second-order valence-electron chi connectivity index (χ2n) is 6.05. The predicted molar refractivity (Wildman–Crippen MR) is 58.8 cm³/mol. The molecule has 1 heteroatoms. The zero-order valence-electron chi connectivity index (χ0n) is 10.1. The minimum atomic E-state index is 0.484.